The largest absolute Gasteiger partial charge is 0.309 e. The molecule has 5 aromatic rings. The van der Waals surface area contributed by atoms with Crippen molar-refractivity contribution < 1.29 is 14.4 Å². The Kier molecular flexibility index (Phi) is 5.56. The van der Waals surface area contributed by atoms with Crippen LogP contribution >= 0.6 is 11.3 Å². The molecule has 0 spiro atoms. The van der Waals surface area contributed by atoms with Crippen LogP contribution in [0.15, 0.2) is 90.3 Å². The summed E-state index contributed by atoms with van der Waals surface area (Å²) < 4.78 is 2.10. The first kappa shape index (κ1) is 21.7. The third kappa shape index (κ3) is 3.70. The number of ketones is 3. The number of carbonyl (C=O) groups excluding carboxylic acids is 3. The van der Waals surface area contributed by atoms with E-state index in [1.807, 2.05) is 85.1 Å². The van der Waals surface area contributed by atoms with Crippen LogP contribution in [0.5, 0.6) is 0 Å². The molecule has 34 heavy (non-hydrogen) atoms. The highest BCUT2D eigenvalue weighted by Crippen LogP contribution is 2.34. The molecule has 0 saturated heterocycles. The van der Waals surface area contributed by atoms with Crippen LogP contribution in [0, 0.1) is 0 Å². The van der Waals surface area contributed by atoms with Crippen molar-refractivity contribution in [2.75, 3.05) is 0 Å². The fraction of sp³-hybridized carbons (Fsp3) is 0.0690. The van der Waals surface area contributed by atoms with E-state index in [-0.39, 0.29) is 17.3 Å². The Morgan fingerprint density at radius 3 is 2.00 bits per heavy atom. The van der Waals surface area contributed by atoms with Crippen molar-refractivity contribution in [2.24, 2.45) is 0 Å². The summed E-state index contributed by atoms with van der Waals surface area (Å²) in [5, 5.41) is 3.67. The quantitative estimate of drug-likeness (QED) is 0.200. The molecule has 2 aromatic heterocycles. The first-order chi connectivity index (χ1) is 16.5. The second kappa shape index (κ2) is 8.69. The lowest BCUT2D eigenvalue weighted by Gasteiger charge is -2.09. The molecule has 5 heteroatoms. The van der Waals surface area contributed by atoms with E-state index in [2.05, 4.69) is 4.57 Å². The second-order valence-electron chi connectivity index (χ2n) is 8.07. The molecule has 0 radical (unpaired) electrons. The molecule has 0 aliphatic rings. The van der Waals surface area contributed by atoms with Crippen molar-refractivity contribution in [3.63, 3.8) is 0 Å². The summed E-state index contributed by atoms with van der Waals surface area (Å²) >= 11 is 1.42. The van der Waals surface area contributed by atoms with Crippen molar-refractivity contribution in [1.82, 2.24) is 4.57 Å². The highest BCUT2D eigenvalue weighted by Gasteiger charge is 2.17. The van der Waals surface area contributed by atoms with Crippen molar-refractivity contribution in [3.8, 4) is 5.69 Å². The van der Waals surface area contributed by atoms with Crippen LogP contribution in [0.4, 0.5) is 0 Å². The van der Waals surface area contributed by atoms with Gasteiger partial charge in [-0.15, -0.1) is 11.3 Å². The number of hydrogen-bond acceptors (Lipinski definition) is 4. The zero-order valence-corrected chi connectivity index (χ0v) is 19.6. The van der Waals surface area contributed by atoms with Gasteiger partial charge in [0.1, 0.15) is 0 Å². The van der Waals surface area contributed by atoms with E-state index in [1.54, 1.807) is 19.1 Å². The Balaban J connectivity index is 1.77. The number of Topliss-reactive ketones (excluding diaryl/α,β-unsaturated/α-hetero) is 1. The SMILES string of the molecule is CC=CC(=O)c1ccc2c(c1)c1cc(C(=O)c3cccs3)ccc1n2-c1ccc(C(C)=O)cc1. The van der Waals surface area contributed by atoms with E-state index in [1.165, 1.54) is 11.3 Å². The number of fused-ring (bicyclic) bond motifs is 3. The highest BCUT2D eigenvalue weighted by atomic mass is 32.1. The van der Waals surface area contributed by atoms with Gasteiger partial charge in [-0.3, -0.25) is 14.4 Å². The van der Waals surface area contributed by atoms with Crippen LogP contribution in [-0.4, -0.2) is 21.9 Å². The van der Waals surface area contributed by atoms with Crippen LogP contribution in [0.2, 0.25) is 0 Å². The van der Waals surface area contributed by atoms with Gasteiger partial charge in [0.15, 0.2) is 11.6 Å². The first-order valence-corrected chi connectivity index (χ1v) is 11.8. The first-order valence-electron chi connectivity index (χ1n) is 10.9. The Morgan fingerprint density at radius 1 is 0.794 bits per heavy atom. The number of nitrogens with zero attached hydrogens (tertiary/aromatic N) is 1. The van der Waals surface area contributed by atoms with Gasteiger partial charge in [-0.25, -0.2) is 0 Å². The highest BCUT2D eigenvalue weighted by molar-refractivity contribution is 7.12. The minimum absolute atomic E-state index is 0.0117. The third-order valence-electron chi connectivity index (χ3n) is 5.91. The molecule has 0 saturated carbocycles. The normalized spacial score (nSPS) is 11.5. The van der Waals surface area contributed by atoms with Gasteiger partial charge in [0.05, 0.1) is 15.9 Å². The van der Waals surface area contributed by atoms with Crippen LogP contribution < -0.4 is 0 Å². The summed E-state index contributed by atoms with van der Waals surface area (Å²) in [5.74, 6) is -0.0793. The molecule has 0 amide bonds. The van der Waals surface area contributed by atoms with E-state index >= 15 is 0 Å². The lowest BCUT2D eigenvalue weighted by molar-refractivity contribution is 0.101. The van der Waals surface area contributed by atoms with Crippen LogP contribution in [0.25, 0.3) is 27.5 Å². The predicted molar refractivity (Wildman–Crippen MR) is 138 cm³/mol. The molecule has 0 unspecified atom stereocenters. The molecule has 0 fully saturated rings. The molecule has 166 valence electrons. The fourth-order valence-corrected chi connectivity index (χ4v) is 4.92. The third-order valence-corrected chi connectivity index (χ3v) is 6.78. The molecular weight excluding hydrogens is 442 g/mol. The monoisotopic (exact) mass is 463 g/mol. The zero-order chi connectivity index (χ0) is 23.8. The van der Waals surface area contributed by atoms with Crippen molar-refractivity contribution in [2.45, 2.75) is 13.8 Å². The van der Waals surface area contributed by atoms with Gasteiger partial charge in [-0.1, -0.05) is 12.1 Å². The summed E-state index contributed by atoms with van der Waals surface area (Å²) in [7, 11) is 0. The topological polar surface area (TPSA) is 56.1 Å². The van der Waals surface area contributed by atoms with Gasteiger partial charge < -0.3 is 4.57 Å². The number of benzene rings is 3. The van der Waals surface area contributed by atoms with Gasteiger partial charge in [0.2, 0.25) is 5.78 Å². The average molecular weight is 464 g/mol. The van der Waals surface area contributed by atoms with Crippen molar-refractivity contribution in [3.05, 3.63) is 112 Å². The van der Waals surface area contributed by atoms with E-state index in [0.29, 0.717) is 21.6 Å². The number of hydrogen-bond donors (Lipinski definition) is 0. The molecule has 0 atom stereocenters. The maximum atomic E-state index is 13.0. The maximum absolute atomic E-state index is 13.0. The summed E-state index contributed by atoms with van der Waals surface area (Å²) in [5.41, 5.74) is 4.58. The molecular formula is C29H21NO3S. The molecule has 5 rings (SSSR count). The molecule has 0 aliphatic carbocycles. The molecule has 3 aromatic carbocycles. The van der Waals surface area contributed by atoms with Crippen molar-refractivity contribution in [1.29, 1.82) is 0 Å². The average Bonchev–Trinajstić information content (AvgIpc) is 3.50. The second-order valence-corrected chi connectivity index (χ2v) is 9.02. The standard InChI is InChI=1S/C29H21NO3S/c1-3-5-27(32)20-9-13-25-23(16-20)24-17-21(29(33)28-6-4-15-34-28)10-14-26(24)30(25)22-11-7-19(8-12-22)18(2)31/h3-17H,1-2H3. The Hall–Kier alpha value is -4.09. The number of carbonyl (C=O) groups is 3. The summed E-state index contributed by atoms with van der Waals surface area (Å²) in [6.07, 6.45) is 3.27. The predicted octanol–water partition coefficient (Wildman–Crippen LogP) is 7.04. The summed E-state index contributed by atoms with van der Waals surface area (Å²) in [6.45, 7) is 3.36. The smallest absolute Gasteiger partial charge is 0.202 e. The lowest BCUT2D eigenvalue weighted by atomic mass is 10.0. The Morgan fingerprint density at radius 2 is 1.41 bits per heavy atom. The molecule has 0 N–H and O–H groups in total. The van der Waals surface area contributed by atoms with E-state index < -0.39 is 0 Å². The molecule has 0 aliphatic heterocycles. The van der Waals surface area contributed by atoms with Gasteiger partial charge in [-0.2, -0.15) is 0 Å². The van der Waals surface area contributed by atoms with Crippen LogP contribution in [0.1, 0.15) is 49.8 Å². The van der Waals surface area contributed by atoms with Gasteiger partial charge in [0, 0.05) is 33.2 Å². The summed E-state index contributed by atoms with van der Waals surface area (Å²) in [4.78, 5) is 38.0. The fourth-order valence-electron chi connectivity index (χ4n) is 4.24. The minimum Gasteiger partial charge on any atom is -0.309 e. The number of rotatable bonds is 6. The van der Waals surface area contributed by atoms with Gasteiger partial charge >= 0.3 is 0 Å². The van der Waals surface area contributed by atoms with E-state index in [9.17, 15) is 14.4 Å². The minimum atomic E-state index is -0.0677. The molecule has 0 bridgehead atoms. The lowest BCUT2D eigenvalue weighted by Crippen LogP contribution is -1.99. The molecule has 2 heterocycles. The Labute approximate surface area is 200 Å². The number of thiophene rings is 1. The summed E-state index contributed by atoms with van der Waals surface area (Å²) in [6, 6.07) is 22.5. The van der Waals surface area contributed by atoms with Crippen LogP contribution in [-0.2, 0) is 0 Å². The zero-order valence-electron chi connectivity index (χ0n) is 18.7. The van der Waals surface area contributed by atoms with E-state index in [0.717, 1.165) is 27.5 Å². The van der Waals surface area contributed by atoms with Gasteiger partial charge in [-0.05, 0) is 92.0 Å². The molecule has 4 nitrogen and oxygen atoms in total. The van der Waals surface area contributed by atoms with Gasteiger partial charge in [0.25, 0.3) is 0 Å². The Bertz CT molecular complexity index is 1600. The van der Waals surface area contributed by atoms with Crippen LogP contribution in [0.3, 0.4) is 0 Å². The maximum Gasteiger partial charge on any atom is 0.202 e. The van der Waals surface area contributed by atoms with E-state index in [4.69, 9.17) is 0 Å². The number of allylic oxidation sites excluding steroid dienone is 2. The van der Waals surface area contributed by atoms with Crippen molar-refractivity contribution >= 4 is 50.5 Å². The number of aromatic nitrogens is 1.